The van der Waals surface area contributed by atoms with Gasteiger partial charge in [0.2, 0.25) is 0 Å². The van der Waals surface area contributed by atoms with Gasteiger partial charge in [-0.25, -0.2) is 4.79 Å². The number of carboxylic acids is 1. The molecular weight excluding hydrogens is 264 g/mol. The van der Waals surface area contributed by atoms with Crippen molar-refractivity contribution in [1.29, 1.82) is 0 Å². The van der Waals surface area contributed by atoms with Gasteiger partial charge in [-0.3, -0.25) is 10.1 Å². The number of rotatable bonds is 4. The molecular formula is C13H16N2O5. The van der Waals surface area contributed by atoms with Crippen LogP contribution in [0.4, 0.5) is 11.4 Å². The molecule has 0 unspecified atom stereocenters. The number of hydrogen-bond acceptors (Lipinski definition) is 5. The second-order valence-electron chi connectivity index (χ2n) is 4.65. The zero-order chi connectivity index (χ0) is 14.7. The molecule has 1 aliphatic rings. The van der Waals surface area contributed by atoms with Crippen molar-refractivity contribution >= 4 is 17.3 Å². The molecule has 7 heteroatoms. The Morgan fingerprint density at radius 3 is 2.50 bits per heavy atom. The van der Waals surface area contributed by atoms with Crippen molar-refractivity contribution in [2.75, 3.05) is 25.1 Å². The summed E-state index contributed by atoms with van der Waals surface area (Å²) in [5.41, 5.74) is 0.0432. The van der Waals surface area contributed by atoms with Gasteiger partial charge in [0.15, 0.2) is 0 Å². The van der Waals surface area contributed by atoms with E-state index >= 15 is 0 Å². The Hall–Kier alpha value is -2.31. The normalized spacial score (nSPS) is 14.9. The Morgan fingerprint density at radius 1 is 1.35 bits per heavy atom. The molecule has 20 heavy (non-hydrogen) atoms. The number of carbonyl (C=O) groups is 1. The van der Waals surface area contributed by atoms with E-state index in [0.717, 1.165) is 38.4 Å². The van der Waals surface area contributed by atoms with Gasteiger partial charge in [0.05, 0.1) is 12.0 Å². The molecule has 0 radical (unpaired) electrons. The van der Waals surface area contributed by atoms with E-state index in [0.29, 0.717) is 5.69 Å². The number of benzene rings is 1. The number of nitrogens with zero attached hydrogens (tertiary/aromatic N) is 2. The highest BCUT2D eigenvalue weighted by Gasteiger charge is 2.26. The molecule has 1 fully saturated rings. The van der Waals surface area contributed by atoms with Gasteiger partial charge in [0.25, 0.3) is 5.69 Å². The molecule has 0 bridgehead atoms. The number of methoxy groups -OCH3 is 1. The first kappa shape index (κ1) is 14.1. The minimum absolute atomic E-state index is 0.142. The standard InChI is InChI=1S/C13H16N2O5/c1-20-12-8-10(14-5-3-2-4-6-14)11(15(18)19)7-9(12)13(16)17/h7-8H,2-6H2,1H3,(H,16,17). The van der Waals surface area contributed by atoms with Gasteiger partial charge in [-0.05, 0) is 19.3 Å². The van der Waals surface area contributed by atoms with Gasteiger partial charge < -0.3 is 14.7 Å². The third kappa shape index (κ3) is 2.66. The highest BCUT2D eigenvalue weighted by Crippen LogP contribution is 2.36. The van der Waals surface area contributed by atoms with Gasteiger partial charge in [-0.1, -0.05) is 0 Å². The Morgan fingerprint density at radius 2 is 2.00 bits per heavy atom. The molecule has 1 aromatic rings. The summed E-state index contributed by atoms with van der Waals surface area (Å²) in [6.45, 7) is 1.47. The number of piperidine rings is 1. The maximum atomic E-state index is 11.2. The summed E-state index contributed by atoms with van der Waals surface area (Å²) in [6.07, 6.45) is 3.05. The molecule has 0 aromatic heterocycles. The van der Waals surface area contributed by atoms with Gasteiger partial charge in [0, 0.05) is 25.2 Å². The Labute approximate surface area is 115 Å². The Bertz CT molecular complexity index is 538. The molecule has 1 N–H and O–H groups in total. The molecule has 0 aliphatic carbocycles. The number of ether oxygens (including phenoxy) is 1. The van der Waals surface area contributed by atoms with Crippen LogP contribution < -0.4 is 9.64 Å². The maximum absolute atomic E-state index is 11.2. The van der Waals surface area contributed by atoms with E-state index in [2.05, 4.69) is 0 Å². The van der Waals surface area contributed by atoms with Crippen LogP contribution in [0.1, 0.15) is 29.6 Å². The minimum atomic E-state index is -1.24. The average Bonchev–Trinajstić information content (AvgIpc) is 2.46. The summed E-state index contributed by atoms with van der Waals surface area (Å²) in [6, 6.07) is 2.53. The molecule has 2 rings (SSSR count). The first-order chi connectivity index (χ1) is 9.54. The third-order valence-electron chi connectivity index (χ3n) is 3.42. The molecule has 0 saturated carbocycles. The number of anilines is 1. The monoisotopic (exact) mass is 280 g/mol. The third-order valence-corrected chi connectivity index (χ3v) is 3.42. The summed E-state index contributed by atoms with van der Waals surface area (Å²) in [4.78, 5) is 23.7. The molecule has 0 amide bonds. The van der Waals surface area contributed by atoms with Crippen LogP contribution in [0.3, 0.4) is 0 Å². The van der Waals surface area contributed by atoms with E-state index in [1.54, 1.807) is 0 Å². The van der Waals surface area contributed by atoms with E-state index < -0.39 is 10.9 Å². The van der Waals surface area contributed by atoms with Crippen LogP contribution in [-0.4, -0.2) is 36.2 Å². The minimum Gasteiger partial charge on any atom is -0.496 e. The fraction of sp³-hybridized carbons (Fsp3) is 0.462. The second-order valence-corrected chi connectivity index (χ2v) is 4.65. The molecule has 1 heterocycles. The molecule has 108 valence electrons. The average molecular weight is 280 g/mol. The summed E-state index contributed by atoms with van der Waals surface area (Å²) in [5.74, 6) is -1.10. The fourth-order valence-corrected chi connectivity index (χ4v) is 2.43. The highest BCUT2D eigenvalue weighted by atomic mass is 16.6. The zero-order valence-electron chi connectivity index (χ0n) is 11.2. The lowest BCUT2D eigenvalue weighted by Gasteiger charge is -2.28. The summed E-state index contributed by atoms with van der Waals surface area (Å²) in [7, 11) is 1.35. The largest absolute Gasteiger partial charge is 0.496 e. The van der Waals surface area contributed by atoms with Crippen LogP contribution in [0.15, 0.2) is 12.1 Å². The predicted molar refractivity (Wildman–Crippen MR) is 72.7 cm³/mol. The van der Waals surface area contributed by atoms with Crippen molar-refractivity contribution in [3.05, 3.63) is 27.8 Å². The number of aromatic carboxylic acids is 1. The molecule has 0 spiro atoms. The Kier molecular flexibility index (Phi) is 4.07. The van der Waals surface area contributed by atoms with E-state index in [1.807, 2.05) is 4.90 Å². The quantitative estimate of drug-likeness (QED) is 0.672. The summed E-state index contributed by atoms with van der Waals surface area (Å²) < 4.78 is 5.04. The van der Waals surface area contributed by atoms with Gasteiger partial charge in [-0.15, -0.1) is 0 Å². The van der Waals surface area contributed by atoms with E-state index in [1.165, 1.54) is 13.2 Å². The molecule has 1 saturated heterocycles. The van der Waals surface area contributed by atoms with Gasteiger partial charge >= 0.3 is 5.97 Å². The zero-order valence-corrected chi connectivity index (χ0v) is 11.2. The van der Waals surface area contributed by atoms with E-state index in [4.69, 9.17) is 9.84 Å². The molecule has 1 aromatic carbocycles. The number of carboxylic acid groups (broad SMARTS) is 1. The van der Waals surface area contributed by atoms with Crippen LogP contribution >= 0.6 is 0 Å². The smallest absolute Gasteiger partial charge is 0.339 e. The van der Waals surface area contributed by atoms with Crippen molar-refractivity contribution in [2.45, 2.75) is 19.3 Å². The van der Waals surface area contributed by atoms with Gasteiger partial charge in [-0.2, -0.15) is 0 Å². The van der Waals surface area contributed by atoms with Crippen molar-refractivity contribution in [2.24, 2.45) is 0 Å². The van der Waals surface area contributed by atoms with E-state index in [-0.39, 0.29) is 17.0 Å². The summed E-state index contributed by atoms with van der Waals surface area (Å²) in [5, 5.41) is 20.3. The lowest BCUT2D eigenvalue weighted by atomic mass is 10.1. The number of nitro benzene ring substituents is 1. The van der Waals surface area contributed by atoms with Crippen LogP contribution in [-0.2, 0) is 0 Å². The summed E-state index contributed by atoms with van der Waals surface area (Å²) >= 11 is 0. The topological polar surface area (TPSA) is 92.9 Å². The highest BCUT2D eigenvalue weighted by molar-refractivity contribution is 5.93. The molecule has 7 nitrogen and oxygen atoms in total. The van der Waals surface area contributed by atoms with Crippen molar-refractivity contribution in [1.82, 2.24) is 0 Å². The van der Waals surface area contributed by atoms with Crippen LogP contribution in [0, 0.1) is 10.1 Å². The second kappa shape index (κ2) is 5.77. The first-order valence-corrected chi connectivity index (χ1v) is 6.39. The lowest BCUT2D eigenvalue weighted by molar-refractivity contribution is -0.384. The lowest BCUT2D eigenvalue weighted by Crippen LogP contribution is -2.30. The van der Waals surface area contributed by atoms with E-state index in [9.17, 15) is 14.9 Å². The van der Waals surface area contributed by atoms with Gasteiger partial charge in [0.1, 0.15) is 17.0 Å². The SMILES string of the molecule is COc1cc(N2CCCCC2)c([N+](=O)[O-])cc1C(=O)O. The maximum Gasteiger partial charge on any atom is 0.339 e. The Balaban J connectivity index is 2.53. The fourth-order valence-electron chi connectivity index (χ4n) is 2.43. The molecule has 1 aliphatic heterocycles. The van der Waals surface area contributed by atoms with Crippen LogP contribution in [0.2, 0.25) is 0 Å². The van der Waals surface area contributed by atoms with Crippen molar-refractivity contribution < 1.29 is 19.6 Å². The van der Waals surface area contributed by atoms with Crippen molar-refractivity contribution in [3.63, 3.8) is 0 Å². The van der Waals surface area contributed by atoms with Crippen LogP contribution in [0.5, 0.6) is 5.75 Å². The number of nitro groups is 1. The molecule has 0 atom stereocenters. The predicted octanol–water partition coefficient (Wildman–Crippen LogP) is 2.29. The van der Waals surface area contributed by atoms with Crippen LogP contribution in [0.25, 0.3) is 0 Å². The number of hydrogen-bond donors (Lipinski definition) is 1. The van der Waals surface area contributed by atoms with Crippen molar-refractivity contribution in [3.8, 4) is 5.75 Å². The first-order valence-electron chi connectivity index (χ1n) is 6.39.